The van der Waals surface area contributed by atoms with E-state index in [-0.39, 0.29) is 0 Å². The normalized spacial score (nSPS) is 26.6. The van der Waals surface area contributed by atoms with Gasteiger partial charge in [-0.05, 0) is 0 Å². The lowest BCUT2D eigenvalue weighted by molar-refractivity contribution is -0.148. The van der Waals surface area contributed by atoms with Gasteiger partial charge in [-0.15, -0.1) is 0 Å². The third-order valence-corrected chi connectivity index (χ3v) is 2.39. The van der Waals surface area contributed by atoms with Crippen LogP contribution in [0, 0.1) is 5.92 Å². The topological polar surface area (TPSA) is 80.7 Å². The van der Waals surface area contributed by atoms with E-state index in [1.54, 1.807) is 0 Å². The molecule has 0 radical (unpaired) electrons. The highest BCUT2D eigenvalue weighted by atomic mass is 35.6. The van der Waals surface area contributed by atoms with Crippen molar-refractivity contribution in [1.29, 1.82) is 0 Å². The van der Waals surface area contributed by atoms with E-state index >= 15 is 0 Å². The first-order valence-corrected chi connectivity index (χ1v) is 4.89. The zero-order chi connectivity index (χ0) is 11.8. The Morgan fingerprint density at radius 3 is 2.27 bits per heavy atom. The minimum atomic E-state index is -2.07. The molecule has 1 rings (SSSR count). The van der Waals surface area contributed by atoms with Gasteiger partial charge in [0, 0.05) is 0 Å². The predicted molar refractivity (Wildman–Crippen MR) is 50.9 cm³/mol. The fourth-order valence-electron chi connectivity index (χ4n) is 1.14. The summed E-state index contributed by atoms with van der Waals surface area (Å²) >= 11 is 16.2. The molecule has 0 aromatic rings. The van der Waals surface area contributed by atoms with Crippen LogP contribution in [-0.4, -0.2) is 32.7 Å². The molecule has 0 aliphatic carbocycles. The van der Waals surface area contributed by atoms with Gasteiger partial charge >= 0.3 is 11.9 Å². The third-order valence-electron chi connectivity index (χ3n) is 1.80. The monoisotopic (exact) mass is 274 g/mol. The molecular weight excluding hydrogens is 270 g/mol. The van der Waals surface area contributed by atoms with Crippen molar-refractivity contribution >= 4 is 52.5 Å². The van der Waals surface area contributed by atoms with E-state index in [1.165, 1.54) is 0 Å². The summed E-state index contributed by atoms with van der Waals surface area (Å²) in [5, 5.41) is 8.44. The van der Waals surface area contributed by atoms with Crippen LogP contribution in [-0.2, 0) is 19.1 Å². The molecule has 15 heavy (non-hydrogen) atoms. The third kappa shape index (κ3) is 2.74. The molecule has 0 amide bonds. The molecule has 5 nitrogen and oxygen atoms in total. The number of aliphatic carboxylic acids is 1. The molecule has 1 fully saturated rings. The van der Waals surface area contributed by atoms with Gasteiger partial charge in [-0.1, -0.05) is 34.8 Å². The summed E-state index contributed by atoms with van der Waals surface area (Å²) in [5.41, 5.74) is 0. The zero-order valence-electron chi connectivity index (χ0n) is 7.08. The molecule has 1 aliphatic heterocycles. The maximum absolute atomic E-state index is 11.4. The van der Waals surface area contributed by atoms with Gasteiger partial charge in [0.1, 0.15) is 5.92 Å². The Hall–Kier alpha value is -0.520. The number of carboxylic acids is 1. The first-order valence-electron chi connectivity index (χ1n) is 3.76. The van der Waals surface area contributed by atoms with Gasteiger partial charge in [0.15, 0.2) is 5.78 Å². The van der Waals surface area contributed by atoms with Gasteiger partial charge in [-0.3, -0.25) is 14.4 Å². The number of hydrogen-bond donors (Lipinski definition) is 1. The van der Waals surface area contributed by atoms with Crippen LogP contribution in [0.25, 0.3) is 0 Å². The highest BCUT2D eigenvalue weighted by Gasteiger charge is 2.53. The van der Waals surface area contributed by atoms with Crippen molar-refractivity contribution in [2.24, 2.45) is 5.92 Å². The van der Waals surface area contributed by atoms with Crippen LogP contribution in [0.4, 0.5) is 0 Å². The van der Waals surface area contributed by atoms with Crippen molar-refractivity contribution in [3.8, 4) is 0 Å². The molecule has 84 valence electrons. The number of esters is 1. The molecule has 1 heterocycles. The summed E-state index contributed by atoms with van der Waals surface area (Å²) in [6, 6.07) is 0. The summed E-state index contributed by atoms with van der Waals surface area (Å²) in [6.07, 6.45) is -2.19. The minimum Gasteiger partial charge on any atom is -0.481 e. The Bertz CT molecular complexity index is 321. The minimum absolute atomic E-state index is 0.658. The average Bonchev–Trinajstić information content (AvgIpc) is 2.30. The Morgan fingerprint density at radius 2 is 1.93 bits per heavy atom. The molecule has 2 atom stereocenters. The Kier molecular flexibility index (Phi) is 3.48. The number of carbonyl (C=O) groups excluding carboxylic acids is 2. The van der Waals surface area contributed by atoms with Gasteiger partial charge in [-0.25, -0.2) is 0 Å². The molecule has 8 heteroatoms. The van der Waals surface area contributed by atoms with E-state index in [2.05, 4.69) is 4.74 Å². The standard InChI is InChI=1S/C7H5Cl3O5/c8-7(9,10)5-4(13)2(1-3(11)12)6(14)15-5/h2,5H,1H2,(H,11,12)/t2-,5+/m0/s1. The summed E-state index contributed by atoms with van der Waals surface area (Å²) in [4.78, 5) is 32.9. The molecule has 0 bridgehead atoms. The Balaban J connectivity index is 2.84. The average molecular weight is 275 g/mol. The zero-order valence-corrected chi connectivity index (χ0v) is 9.34. The van der Waals surface area contributed by atoms with E-state index < -0.39 is 40.0 Å². The number of alkyl halides is 3. The summed E-state index contributed by atoms with van der Waals surface area (Å²) in [5.74, 6) is -4.47. The van der Waals surface area contributed by atoms with Crippen molar-refractivity contribution in [3.05, 3.63) is 0 Å². The number of hydrogen-bond acceptors (Lipinski definition) is 4. The number of Topliss-reactive ketones (excluding diaryl/α,β-unsaturated/α-hetero) is 1. The maximum Gasteiger partial charge on any atom is 0.318 e. The molecule has 1 aliphatic rings. The van der Waals surface area contributed by atoms with Crippen LogP contribution < -0.4 is 0 Å². The first kappa shape index (κ1) is 12.5. The number of ether oxygens (including phenoxy) is 1. The van der Waals surface area contributed by atoms with Gasteiger partial charge < -0.3 is 9.84 Å². The second kappa shape index (κ2) is 4.15. The van der Waals surface area contributed by atoms with Crippen molar-refractivity contribution < 1.29 is 24.2 Å². The van der Waals surface area contributed by atoms with Crippen molar-refractivity contribution in [3.63, 3.8) is 0 Å². The van der Waals surface area contributed by atoms with Gasteiger partial charge in [0.2, 0.25) is 9.90 Å². The van der Waals surface area contributed by atoms with E-state index in [4.69, 9.17) is 39.9 Å². The fourth-order valence-corrected chi connectivity index (χ4v) is 1.60. The fraction of sp³-hybridized carbons (Fsp3) is 0.571. The van der Waals surface area contributed by atoms with Crippen molar-refractivity contribution in [2.75, 3.05) is 0 Å². The first-order chi connectivity index (χ1) is 6.73. The van der Waals surface area contributed by atoms with Crippen LogP contribution in [0.5, 0.6) is 0 Å². The highest BCUT2D eigenvalue weighted by molar-refractivity contribution is 6.69. The molecule has 0 unspecified atom stereocenters. The van der Waals surface area contributed by atoms with E-state index in [0.29, 0.717) is 0 Å². The number of cyclic esters (lactones) is 1. The quantitative estimate of drug-likeness (QED) is 0.461. The molecule has 0 aromatic heterocycles. The number of rotatable bonds is 2. The Morgan fingerprint density at radius 1 is 1.40 bits per heavy atom. The maximum atomic E-state index is 11.4. The summed E-state index contributed by atoms with van der Waals surface area (Å²) in [6.45, 7) is 0. The molecule has 1 N–H and O–H groups in total. The second-order valence-electron chi connectivity index (χ2n) is 2.91. The van der Waals surface area contributed by atoms with Gasteiger partial charge in [-0.2, -0.15) is 0 Å². The van der Waals surface area contributed by atoms with Crippen LogP contribution in [0.1, 0.15) is 6.42 Å². The van der Waals surface area contributed by atoms with Crippen molar-refractivity contribution in [1.82, 2.24) is 0 Å². The number of halogens is 3. The second-order valence-corrected chi connectivity index (χ2v) is 5.28. The lowest BCUT2D eigenvalue weighted by atomic mass is 10.0. The molecule has 1 saturated heterocycles. The van der Waals surface area contributed by atoms with Crippen LogP contribution in [0.3, 0.4) is 0 Å². The number of carboxylic acid groups (broad SMARTS) is 1. The summed E-state index contributed by atoms with van der Waals surface area (Å²) in [7, 11) is 0. The highest BCUT2D eigenvalue weighted by Crippen LogP contribution is 2.38. The van der Waals surface area contributed by atoms with Crippen LogP contribution >= 0.6 is 34.8 Å². The molecule has 0 saturated carbocycles. The lowest BCUT2D eigenvalue weighted by Gasteiger charge is -2.15. The van der Waals surface area contributed by atoms with E-state index in [0.717, 1.165) is 0 Å². The van der Waals surface area contributed by atoms with Crippen LogP contribution in [0.2, 0.25) is 0 Å². The molecule has 0 spiro atoms. The predicted octanol–water partition coefficient (Wildman–Crippen LogP) is 0.942. The van der Waals surface area contributed by atoms with Gasteiger partial charge in [0.25, 0.3) is 0 Å². The van der Waals surface area contributed by atoms with Crippen molar-refractivity contribution in [2.45, 2.75) is 16.3 Å². The molecule has 0 aromatic carbocycles. The lowest BCUT2D eigenvalue weighted by Crippen LogP contribution is -2.33. The molecular formula is C7H5Cl3O5. The van der Waals surface area contributed by atoms with Crippen LogP contribution in [0.15, 0.2) is 0 Å². The number of carbonyl (C=O) groups is 3. The SMILES string of the molecule is O=C(O)C[C@@H]1C(=O)O[C@@H](C(Cl)(Cl)Cl)C1=O. The van der Waals surface area contributed by atoms with Gasteiger partial charge in [0.05, 0.1) is 6.42 Å². The largest absolute Gasteiger partial charge is 0.481 e. The summed E-state index contributed by atoms with van der Waals surface area (Å²) < 4.78 is 2.43. The Labute approximate surface area is 99.2 Å². The van der Waals surface area contributed by atoms with E-state index in [1.807, 2.05) is 0 Å². The van der Waals surface area contributed by atoms with E-state index in [9.17, 15) is 14.4 Å². The number of ketones is 1. The smallest absolute Gasteiger partial charge is 0.318 e.